The predicted octanol–water partition coefficient (Wildman–Crippen LogP) is 2.39. The van der Waals surface area contributed by atoms with Crippen molar-refractivity contribution in [1.82, 2.24) is 5.32 Å². The molecule has 4 heteroatoms. The van der Waals surface area contributed by atoms with Gasteiger partial charge in [-0.1, -0.05) is 32.0 Å². The van der Waals surface area contributed by atoms with Crippen molar-refractivity contribution in [3.05, 3.63) is 29.8 Å². The number of ether oxygens (including phenoxy) is 2. The summed E-state index contributed by atoms with van der Waals surface area (Å²) >= 11 is 0. The van der Waals surface area contributed by atoms with Crippen LogP contribution in [0.15, 0.2) is 24.3 Å². The Balaban J connectivity index is 2.32. The molecule has 0 radical (unpaired) electrons. The number of para-hydroxylation sites is 1. The molecule has 0 aliphatic carbocycles. The van der Waals surface area contributed by atoms with Crippen LogP contribution in [0, 0.1) is 12.8 Å². The van der Waals surface area contributed by atoms with Crippen LogP contribution in [0.4, 0.5) is 0 Å². The summed E-state index contributed by atoms with van der Waals surface area (Å²) in [5.41, 5.74) is 1.08. The third-order valence-electron chi connectivity index (χ3n) is 3.45. The molecule has 21 heavy (non-hydrogen) atoms. The molecule has 0 aromatic heterocycles. The predicted molar refractivity (Wildman–Crippen MR) is 85.8 cm³/mol. The maximum absolute atomic E-state index is 10.0. The molecule has 2 N–H and O–H groups in total. The molecule has 0 aliphatic heterocycles. The number of nitrogens with one attached hydrogen (secondary N) is 1. The highest BCUT2D eigenvalue weighted by atomic mass is 16.5. The molecule has 0 bridgehead atoms. The van der Waals surface area contributed by atoms with E-state index in [2.05, 4.69) is 19.2 Å². The first-order chi connectivity index (χ1) is 10.0. The van der Waals surface area contributed by atoms with E-state index in [-0.39, 0.29) is 12.6 Å². The second-order valence-electron chi connectivity index (χ2n) is 5.65. The summed E-state index contributed by atoms with van der Waals surface area (Å²) < 4.78 is 11.1. The van der Waals surface area contributed by atoms with Crippen LogP contribution in [0.1, 0.15) is 26.3 Å². The van der Waals surface area contributed by atoms with E-state index in [1.807, 2.05) is 38.1 Å². The monoisotopic (exact) mass is 295 g/mol. The lowest BCUT2D eigenvalue weighted by molar-refractivity contribution is 0.0797. The first-order valence-electron chi connectivity index (χ1n) is 7.72. The Morgan fingerprint density at radius 2 is 1.90 bits per heavy atom. The van der Waals surface area contributed by atoms with Crippen molar-refractivity contribution in [2.24, 2.45) is 5.92 Å². The van der Waals surface area contributed by atoms with Crippen molar-refractivity contribution in [3.8, 4) is 5.75 Å². The molecule has 2 unspecified atom stereocenters. The van der Waals surface area contributed by atoms with Crippen LogP contribution in [-0.4, -0.2) is 43.6 Å². The zero-order chi connectivity index (χ0) is 15.7. The summed E-state index contributed by atoms with van der Waals surface area (Å²) in [6, 6.07) is 8.07. The average Bonchev–Trinajstić information content (AvgIpc) is 2.46. The molecule has 0 aliphatic rings. The normalized spacial score (nSPS) is 14.2. The largest absolute Gasteiger partial charge is 0.491 e. The maximum atomic E-state index is 10.0. The van der Waals surface area contributed by atoms with Crippen molar-refractivity contribution in [2.45, 2.75) is 39.8 Å². The van der Waals surface area contributed by atoms with Gasteiger partial charge >= 0.3 is 0 Å². The second kappa shape index (κ2) is 9.77. The van der Waals surface area contributed by atoms with Gasteiger partial charge in [0.2, 0.25) is 0 Å². The fourth-order valence-corrected chi connectivity index (χ4v) is 1.98. The molecule has 2 atom stereocenters. The summed E-state index contributed by atoms with van der Waals surface area (Å²) in [5, 5.41) is 13.4. The van der Waals surface area contributed by atoms with E-state index in [9.17, 15) is 5.11 Å². The molecule has 1 rings (SSSR count). The zero-order valence-electron chi connectivity index (χ0n) is 13.6. The first-order valence-corrected chi connectivity index (χ1v) is 7.72. The van der Waals surface area contributed by atoms with Gasteiger partial charge < -0.3 is 19.9 Å². The highest BCUT2D eigenvalue weighted by Crippen LogP contribution is 2.16. The van der Waals surface area contributed by atoms with Gasteiger partial charge in [0.25, 0.3) is 0 Å². The smallest absolute Gasteiger partial charge is 0.122 e. The Hall–Kier alpha value is -1.10. The summed E-state index contributed by atoms with van der Waals surface area (Å²) in [5.74, 6) is 1.28. The van der Waals surface area contributed by atoms with Crippen LogP contribution >= 0.6 is 0 Å². The van der Waals surface area contributed by atoms with Crippen molar-refractivity contribution in [2.75, 3.05) is 26.4 Å². The SMILES string of the molecule is CCOCC(NCC(O)COc1ccccc1C)C(C)C. The minimum atomic E-state index is -0.535. The van der Waals surface area contributed by atoms with Gasteiger partial charge in [-0.3, -0.25) is 0 Å². The molecule has 4 nitrogen and oxygen atoms in total. The minimum absolute atomic E-state index is 0.248. The Morgan fingerprint density at radius 1 is 1.19 bits per heavy atom. The zero-order valence-corrected chi connectivity index (χ0v) is 13.6. The minimum Gasteiger partial charge on any atom is -0.491 e. The fraction of sp³-hybridized carbons (Fsp3) is 0.647. The van der Waals surface area contributed by atoms with Gasteiger partial charge in [0, 0.05) is 19.2 Å². The third kappa shape index (κ3) is 6.93. The van der Waals surface area contributed by atoms with E-state index >= 15 is 0 Å². The van der Waals surface area contributed by atoms with Crippen LogP contribution in [-0.2, 0) is 4.74 Å². The number of benzene rings is 1. The number of hydrogen-bond acceptors (Lipinski definition) is 4. The molecule has 0 spiro atoms. The molecule has 0 amide bonds. The van der Waals surface area contributed by atoms with E-state index in [0.717, 1.165) is 11.3 Å². The first kappa shape index (κ1) is 18.0. The second-order valence-corrected chi connectivity index (χ2v) is 5.65. The summed E-state index contributed by atoms with van der Waals surface area (Å²) in [7, 11) is 0. The molecular formula is C17H29NO3. The number of hydrogen-bond donors (Lipinski definition) is 2. The third-order valence-corrected chi connectivity index (χ3v) is 3.45. The van der Waals surface area contributed by atoms with Gasteiger partial charge in [0.05, 0.1) is 6.61 Å². The number of rotatable bonds is 10. The summed E-state index contributed by atoms with van der Waals surface area (Å²) in [6.07, 6.45) is -0.535. The van der Waals surface area contributed by atoms with Gasteiger partial charge in [-0.15, -0.1) is 0 Å². The van der Waals surface area contributed by atoms with Gasteiger partial charge in [-0.25, -0.2) is 0 Å². The molecule has 1 aromatic rings. The van der Waals surface area contributed by atoms with E-state index in [4.69, 9.17) is 9.47 Å². The van der Waals surface area contributed by atoms with E-state index in [1.165, 1.54) is 0 Å². The number of aryl methyl sites for hydroxylation is 1. The van der Waals surface area contributed by atoms with Crippen LogP contribution in [0.2, 0.25) is 0 Å². The van der Waals surface area contributed by atoms with Gasteiger partial charge in [-0.2, -0.15) is 0 Å². The number of aliphatic hydroxyl groups is 1. The van der Waals surface area contributed by atoms with Crippen molar-refractivity contribution >= 4 is 0 Å². The summed E-state index contributed by atoms with van der Waals surface area (Å²) in [6.45, 7) is 10.4. The van der Waals surface area contributed by atoms with Crippen molar-refractivity contribution in [1.29, 1.82) is 0 Å². The lowest BCUT2D eigenvalue weighted by Gasteiger charge is -2.24. The summed E-state index contributed by atoms with van der Waals surface area (Å²) in [4.78, 5) is 0. The van der Waals surface area contributed by atoms with Gasteiger partial charge in [0.1, 0.15) is 18.5 Å². The molecule has 1 aromatic carbocycles. The topological polar surface area (TPSA) is 50.7 Å². The Labute approximate surface area is 128 Å². The van der Waals surface area contributed by atoms with Gasteiger partial charge in [-0.05, 0) is 31.4 Å². The van der Waals surface area contributed by atoms with Crippen LogP contribution < -0.4 is 10.1 Å². The molecule has 120 valence electrons. The van der Waals surface area contributed by atoms with Crippen molar-refractivity contribution < 1.29 is 14.6 Å². The Bertz CT molecular complexity index is 395. The van der Waals surface area contributed by atoms with Gasteiger partial charge in [0.15, 0.2) is 0 Å². The Morgan fingerprint density at radius 3 is 2.52 bits per heavy atom. The Kier molecular flexibility index (Phi) is 8.35. The highest BCUT2D eigenvalue weighted by Gasteiger charge is 2.15. The molecular weight excluding hydrogens is 266 g/mol. The van der Waals surface area contributed by atoms with Crippen LogP contribution in [0.25, 0.3) is 0 Å². The molecule has 0 saturated heterocycles. The van der Waals surface area contributed by atoms with E-state index in [1.54, 1.807) is 0 Å². The van der Waals surface area contributed by atoms with Crippen molar-refractivity contribution in [3.63, 3.8) is 0 Å². The van der Waals surface area contributed by atoms with Crippen LogP contribution in [0.5, 0.6) is 5.75 Å². The standard InChI is InChI=1S/C17H29NO3/c1-5-20-12-16(13(2)3)18-10-15(19)11-21-17-9-7-6-8-14(17)4/h6-9,13,15-16,18-19H,5,10-12H2,1-4H3. The lowest BCUT2D eigenvalue weighted by Crippen LogP contribution is -2.43. The number of aliphatic hydroxyl groups excluding tert-OH is 1. The molecule has 0 heterocycles. The average molecular weight is 295 g/mol. The fourth-order valence-electron chi connectivity index (χ4n) is 1.98. The molecule has 0 saturated carbocycles. The molecule has 0 fully saturated rings. The maximum Gasteiger partial charge on any atom is 0.122 e. The van der Waals surface area contributed by atoms with E-state index < -0.39 is 6.10 Å². The van der Waals surface area contributed by atoms with Crippen LogP contribution in [0.3, 0.4) is 0 Å². The quantitative estimate of drug-likeness (QED) is 0.696. The van der Waals surface area contributed by atoms with E-state index in [0.29, 0.717) is 25.7 Å². The highest BCUT2D eigenvalue weighted by molar-refractivity contribution is 5.31. The lowest BCUT2D eigenvalue weighted by atomic mass is 10.1.